The Bertz CT molecular complexity index is 1340. The second-order valence-electron chi connectivity index (χ2n) is 10.4. The second kappa shape index (κ2) is 12.6. The van der Waals surface area contributed by atoms with Gasteiger partial charge in [-0.1, -0.05) is 6.07 Å². The summed E-state index contributed by atoms with van der Waals surface area (Å²) < 4.78 is 94.0. The number of carbonyl (C=O) groups excluding carboxylic acids is 1. The molecule has 1 aromatic heterocycles. The van der Waals surface area contributed by atoms with E-state index in [1.54, 1.807) is 6.92 Å². The standard InChI is InChI=1S/C26H34F5N3O6S/c1-4-34-22(18-6-5-16(13-20(18)40-24(27)28)19(35)9-12-26(29,30)31)15(2)21(33-34)23(36)32-14-25(37)10-7-17(8-11-25)41(3,38)39/h5-6,13,17,19,24,35,37H,4,7-12,14H2,1-3H3,(H,32,36). The molecule has 1 fully saturated rings. The smallest absolute Gasteiger partial charge is 0.389 e. The summed E-state index contributed by atoms with van der Waals surface area (Å²) in [6.45, 7) is 0.0119. The fraction of sp³-hybridized carbons (Fsp3) is 0.615. The number of nitrogens with one attached hydrogen (secondary N) is 1. The first-order chi connectivity index (χ1) is 18.9. The maximum atomic E-state index is 13.3. The van der Waals surface area contributed by atoms with Gasteiger partial charge in [0.2, 0.25) is 0 Å². The summed E-state index contributed by atoms with van der Waals surface area (Å²) in [6, 6.07) is 3.64. The van der Waals surface area contributed by atoms with E-state index in [-0.39, 0.29) is 61.3 Å². The average Bonchev–Trinajstić information content (AvgIpc) is 3.20. The van der Waals surface area contributed by atoms with Crippen molar-refractivity contribution >= 4 is 15.7 Å². The van der Waals surface area contributed by atoms with Crippen LogP contribution in [0.15, 0.2) is 18.2 Å². The Kier molecular flexibility index (Phi) is 10.1. The van der Waals surface area contributed by atoms with Crippen molar-refractivity contribution in [2.24, 2.45) is 0 Å². The van der Waals surface area contributed by atoms with Crippen LogP contribution in [-0.4, -0.2) is 70.8 Å². The van der Waals surface area contributed by atoms with Gasteiger partial charge in [-0.15, -0.1) is 0 Å². The number of amides is 1. The number of sulfone groups is 1. The highest BCUT2D eigenvalue weighted by Crippen LogP contribution is 2.38. The van der Waals surface area contributed by atoms with Crippen LogP contribution >= 0.6 is 0 Å². The Balaban J connectivity index is 1.85. The number of aromatic nitrogens is 2. The number of benzene rings is 1. The Morgan fingerprint density at radius 1 is 1.27 bits per heavy atom. The van der Waals surface area contributed by atoms with Crippen LogP contribution in [0.3, 0.4) is 0 Å². The van der Waals surface area contributed by atoms with Crippen LogP contribution < -0.4 is 10.1 Å². The number of alkyl halides is 5. The van der Waals surface area contributed by atoms with Crippen molar-refractivity contribution < 1.29 is 50.1 Å². The number of aliphatic hydroxyl groups excluding tert-OH is 1. The third kappa shape index (κ3) is 8.38. The number of nitrogens with zero attached hydrogens (tertiary/aromatic N) is 2. The number of hydrogen-bond acceptors (Lipinski definition) is 7. The maximum absolute atomic E-state index is 13.3. The monoisotopic (exact) mass is 611 g/mol. The number of aliphatic hydroxyl groups is 2. The lowest BCUT2D eigenvalue weighted by atomic mass is 9.84. The van der Waals surface area contributed by atoms with Crippen LogP contribution in [0, 0.1) is 6.92 Å². The van der Waals surface area contributed by atoms with E-state index in [0.29, 0.717) is 5.56 Å². The molecule has 2 aromatic rings. The highest BCUT2D eigenvalue weighted by Gasteiger charge is 2.37. The SMILES string of the molecule is CCn1nc(C(=O)NCC2(O)CCC(S(C)(=O)=O)CC2)c(C)c1-c1ccc(C(O)CCC(F)(F)F)cc1OC(F)F. The van der Waals surface area contributed by atoms with Gasteiger partial charge in [-0.25, -0.2) is 8.42 Å². The molecule has 0 saturated heterocycles. The highest BCUT2D eigenvalue weighted by atomic mass is 32.2. The Hall–Kier alpha value is -2.78. The Labute approximate surface area is 234 Å². The lowest BCUT2D eigenvalue weighted by molar-refractivity contribution is -0.140. The third-order valence-electron chi connectivity index (χ3n) is 7.31. The summed E-state index contributed by atoms with van der Waals surface area (Å²) in [5, 5.41) is 27.5. The lowest BCUT2D eigenvalue weighted by Gasteiger charge is -2.35. The summed E-state index contributed by atoms with van der Waals surface area (Å²) in [4.78, 5) is 13.1. The molecule has 15 heteroatoms. The van der Waals surface area contributed by atoms with E-state index >= 15 is 0 Å². The lowest BCUT2D eigenvalue weighted by Crippen LogP contribution is -2.47. The molecule has 0 spiro atoms. The predicted octanol–water partition coefficient (Wildman–Crippen LogP) is 4.30. The summed E-state index contributed by atoms with van der Waals surface area (Å²) in [5.41, 5.74) is -0.778. The molecule has 9 nitrogen and oxygen atoms in total. The number of halogens is 5. The zero-order valence-electron chi connectivity index (χ0n) is 22.8. The molecule has 1 heterocycles. The van der Waals surface area contributed by atoms with Gasteiger partial charge in [0, 0.05) is 36.9 Å². The van der Waals surface area contributed by atoms with E-state index in [1.807, 2.05) is 0 Å². The van der Waals surface area contributed by atoms with Crippen molar-refractivity contribution in [2.75, 3.05) is 12.8 Å². The number of carbonyl (C=O) groups is 1. The van der Waals surface area contributed by atoms with Crippen molar-refractivity contribution in [3.8, 4) is 17.0 Å². The van der Waals surface area contributed by atoms with E-state index in [9.17, 15) is 45.4 Å². The molecular weight excluding hydrogens is 577 g/mol. The van der Waals surface area contributed by atoms with Gasteiger partial charge in [0.15, 0.2) is 5.69 Å². The first-order valence-electron chi connectivity index (χ1n) is 13.0. The van der Waals surface area contributed by atoms with E-state index in [4.69, 9.17) is 0 Å². The molecule has 1 aliphatic carbocycles. The summed E-state index contributed by atoms with van der Waals surface area (Å²) in [6.07, 6.45) is -6.02. The zero-order chi connectivity index (χ0) is 30.8. The summed E-state index contributed by atoms with van der Waals surface area (Å²) >= 11 is 0. The minimum atomic E-state index is -4.50. The topological polar surface area (TPSA) is 131 Å². The van der Waals surface area contributed by atoms with Gasteiger partial charge in [-0.3, -0.25) is 9.48 Å². The molecule has 1 amide bonds. The third-order valence-corrected chi connectivity index (χ3v) is 9.00. The van der Waals surface area contributed by atoms with Crippen molar-refractivity contribution in [1.29, 1.82) is 0 Å². The molecule has 0 bridgehead atoms. The van der Waals surface area contributed by atoms with Crippen LogP contribution in [-0.2, 0) is 16.4 Å². The van der Waals surface area contributed by atoms with Gasteiger partial charge in [-0.05, 0) is 63.6 Å². The molecule has 3 rings (SSSR count). The zero-order valence-corrected chi connectivity index (χ0v) is 23.7. The van der Waals surface area contributed by atoms with Crippen LogP contribution in [0.5, 0.6) is 5.75 Å². The van der Waals surface area contributed by atoms with Crippen molar-refractivity contribution in [1.82, 2.24) is 15.1 Å². The second-order valence-corrected chi connectivity index (χ2v) is 12.7. The van der Waals surface area contributed by atoms with E-state index in [0.717, 1.165) is 12.3 Å². The molecule has 0 aliphatic heterocycles. The molecule has 41 heavy (non-hydrogen) atoms. The molecule has 1 aromatic carbocycles. The molecule has 1 aliphatic rings. The highest BCUT2D eigenvalue weighted by molar-refractivity contribution is 7.91. The van der Waals surface area contributed by atoms with Crippen LogP contribution in [0.25, 0.3) is 11.3 Å². The molecule has 1 atom stereocenters. The molecule has 0 radical (unpaired) electrons. The van der Waals surface area contributed by atoms with Crippen LogP contribution in [0.4, 0.5) is 22.0 Å². The van der Waals surface area contributed by atoms with Gasteiger partial charge in [0.1, 0.15) is 15.6 Å². The Morgan fingerprint density at radius 2 is 1.90 bits per heavy atom. The number of hydrogen-bond donors (Lipinski definition) is 3. The molecule has 230 valence electrons. The normalized spacial score (nSPS) is 20.7. The van der Waals surface area contributed by atoms with Gasteiger partial charge in [-0.2, -0.15) is 27.1 Å². The minimum Gasteiger partial charge on any atom is -0.434 e. The van der Waals surface area contributed by atoms with E-state index in [1.165, 1.54) is 23.7 Å². The first kappa shape index (κ1) is 32.7. The predicted molar refractivity (Wildman–Crippen MR) is 139 cm³/mol. The van der Waals surface area contributed by atoms with Crippen molar-refractivity contribution in [2.45, 2.75) is 88.7 Å². The van der Waals surface area contributed by atoms with Crippen molar-refractivity contribution in [3.05, 3.63) is 35.0 Å². The molecule has 1 unspecified atom stereocenters. The largest absolute Gasteiger partial charge is 0.434 e. The van der Waals surface area contributed by atoms with Crippen molar-refractivity contribution in [3.63, 3.8) is 0 Å². The summed E-state index contributed by atoms with van der Waals surface area (Å²) in [5.74, 6) is -1.06. The number of ether oxygens (including phenoxy) is 1. The van der Waals surface area contributed by atoms with Gasteiger partial charge in [0.05, 0.1) is 22.6 Å². The average molecular weight is 612 g/mol. The van der Waals surface area contributed by atoms with E-state index < -0.39 is 64.1 Å². The van der Waals surface area contributed by atoms with Gasteiger partial charge < -0.3 is 20.3 Å². The molecule has 3 N–H and O–H groups in total. The first-order valence-corrected chi connectivity index (χ1v) is 15.0. The van der Waals surface area contributed by atoms with Gasteiger partial charge >= 0.3 is 12.8 Å². The minimum absolute atomic E-state index is 0.0486. The quantitative estimate of drug-likeness (QED) is 0.323. The summed E-state index contributed by atoms with van der Waals surface area (Å²) in [7, 11) is -3.24. The maximum Gasteiger partial charge on any atom is 0.389 e. The number of rotatable bonds is 11. The van der Waals surface area contributed by atoms with Gasteiger partial charge in [0.25, 0.3) is 5.91 Å². The Morgan fingerprint density at radius 3 is 2.44 bits per heavy atom. The fourth-order valence-electron chi connectivity index (χ4n) is 5.00. The number of aryl methyl sites for hydroxylation is 1. The van der Waals surface area contributed by atoms with Crippen LogP contribution in [0.2, 0.25) is 0 Å². The molecular formula is C26H34F5N3O6S. The fourth-order valence-corrected chi connectivity index (χ4v) is 6.09. The van der Waals surface area contributed by atoms with E-state index in [2.05, 4.69) is 15.2 Å². The van der Waals surface area contributed by atoms with Crippen LogP contribution in [0.1, 0.15) is 73.2 Å². The molecule has 1 saturated carbocycles.